The highest BCUT2D eigenvalue weighted by Gasteiger charge is 2.18. The Morgan fingerprint density at radius 2 is 1.93 bits per heavy atom. The maximum Gasteiger partial charge on any atom is 0.414 e. The first-order valence-corrected chi connectivity index (χ1v) is 8.62. The maximum atomic E-state index is 12.1. The van der Waals surface area contributed by atoms with Gasteiger partial charge in [-0.1, -0.05) is 30.3 Å². The summed E-state index contributed by atoms with van der Waals surface area (Å²) in [6.45, 7) is 3.12. The molecule has 2 amide bonds. The average Bonchev–Trinajstić information content (AvgIpc) is 2.99. The molecule has 0 heterocycles. The minimum atomic E-state index is -0.870. The van der Waals surface area contributed by atoms with Gasteiger partial charge < -0.3 is 9.84 Å². The Hall–Kier alpha value is -3.41. The zero-order chi connectivity index (χ0) is 19.4. The number of allylic oxidation sites excluding steroid dienone is 1. The number of nitrogens with zero attached hydrogens (tertiary/aromatic N) is 1. The molecule has 2 aromatic carbocycles. The topological polar surface area (TPSA) is 88.0 Å². The highest BCUT2D eigenvalue weighted by atomic mass is 16.5. The van der Waals surface area contributed by atoms with E-state index in [0.29, 0.717) is 5.69 Å². The van der Waals surface area contributed by atoms with Gasteiger partial charge in [-0.25, -0.2) is 4.79 Å². The van der Waals surface area contributed by atoms with E-state index < -0.39 is 12.0 Å². The van der Waals surface area contributed by atoms with E-state index in [2.05, 4.69) is 21.9 Å². The number of amides is 2. The van der Waals surface area contributed by atoms with Crippen LogP contribution in [0.15, 0.2) is 58.8 Å². The lowest BCUT2D eigenvalue weighted by molar-refractivity contribution is -0.116. The summed E-state index contributed by atoms with van der Waals surface area (Å²) in [4.78, 5) is 27.8. The van der Waals surface area contributed by atoms with Crippen molar-refractivity contribution in [2.75, 3.05) is 6.61 Å². The minimum absolute atomic E-state index is 0.105. The molecule has 2 aromatic rings. The number of fused-ring (bicyclic) bond motifs is 3. The first-order valence-electron chi connectivity index (χ1n) is 8.62. The second kappa shape index (κ2) is 7.86. The van der Waals surface area contributed by atoms with Crippen LogP contribution in [0.5, 0.6) is 0 Å². The number of hydrogen-bond donors (Lipinski definition) is 2. The molecule has 1 aliphatic carbocycles. The SMILES string of the molecule is CCOC(=O)NC(=O)/C(C=Nc1ccc2c(c1)Cc1ccccc1-2)=C(/C)O. The minimum Gasteiger partial charge on any atom is -0.512 e. The lowest BCUT2D eigenvalue weighted by atomic mass is 10.1. The van der Waals surface area contributed by atoms with Crippen LogP contribution in [-0.2, 0) is 16.0 Å². The number of aliphatic imine (C=N–C) groups is 1. The van der Waals surface area contributed by atoms with Crippen molar-refractivity contribution in [3.05, 3.63) is 64.9 Å². The predicted molar refractivity (Wildman–Crippen MR) is 103 cm³/mol. The van der Waals surface area contributed by atoms with E-state index in [1.807, 2.05) is 35.6 Å². The van der Waals surface area contributed by atoms with Gasteiger partial charge in [0.25, 0.3) is 5.91 Å². The molecular weight excluding hydrogens is 344 g/mol. The van der Waals surface area contributed by atoms with Crippen LogP contribution in [0.3, 0.4) is 0 Å². The summed E-state index contributed by atoms with van der Waals surface area (Å²) in [5.41, 5.74) is 5.39. The molecule has 0 unspecified atom stereocenters. The van der Waals surface area contributed by atoms with Crippen molar-refractivity contribution < 1.29 is 19.4 Å². The van der Waals surface area contributed by atoms with Crippen molar-refractivity contribution in [3.8, 4) is 11.1 Å². The second-order valence-corrected chi connectivity index (χ2v) is 6.11. The van der Waals surface area contributed by atoms with Crippen molar-refractivity contribution in [2.24, 2.45) is 4.99 Å². The van der Waals surface area contributed by atoms with Crippen molar-refractivity contribution in [3.63, 3.8) is 0 Å². The molecule has 138 valence electrons. The standard InChI is InChI=1S/C21H20N2O4/c1-3-27-21(26)23-20(25)19(13(2)24)12-22-16-8-9-18-15(11-16)10-14-6-4-5-7-17(14)18/h4-9,11-12,24H,3,10H2,1-2H3,(H,23,25,26)/b19-13-,22-12?. The van der Waals surface area contributed by atoms with Crippen LogP contribution in [0, 0.1) is 0 Å². The molecule has 2 N–H and O–H groups in total. The highest BCUT2D eigenvalue weighted by molar-refractivity contribution is 6.16. The van der Waals surface area contributed by atoms with Crippen molar-refractivity contribution in [1.82, 2.24) is 5.32 Å². The van der Waals surface area contributed by atoms with E-state index in [0.717, 1.165) is 12.0 Å². The van der Waals surface area contributed by atoms with E-state index in [9.17, 15) is 14.7 Å². The Morgan fingerprint density at radius 3 is 2.67 bits per heavy atom. The van der Waals surface area contributed by atoms with Crippen LogP contribution >= 0.6 is 0 Å². The number of nitrogens with one attached hydrogen (secondary N) is 1. The number of hydrogen-bond acceptors (Lipinski definition) is 5. The number of rotatable bonds is 4. The van der Waals surface area contributed by atoms with E-state index in [1.165, 1.54) is 29.8 Å². The molecular formula is C21H20N2O4. The van der Waals surface area contributed by atoms with E-state index in [1.54, 1.807) is 6.92 Å². The quantitative estimate of drug-likeness (QED) is 0.415. The fourth-order valence-electron chi connectivity index (χ4n) is 2.99. The molecule has 0 radical (unpaired) electrons. The molecule has 0 aliphatic heterocycles. The van der Waals surface area contributed by atoms with Gasteiger partial charge in [0, 0.05) is 6.21 Å². The predicted octanol–water partition coefficient (Wildman–Crippen LogP) is 4.06. The molecule has 0 saturated heterocycles. The molecule has 0 saturated carbocycles. The van der Waals surface area contributed by atoms with Gasteiger partial charge in [-0.15, -0.1) is 0 Å². The Kier molecular flexibility index (Phi) is 5.35. The van der Waals surface area contributed by atoms with E-state index >= 15 is 0 Å². The first kappa shape index (κ1) is 18.4. The lowest BCUT2D eigenvalue weighted by Gasteiger charge is -2.06. The molecule has 27 heavy (non-hydrogen) atoms. The van der Waals surface area contributed by atoms with Gasteiger partial charge in [-0.2, -0.15) is 0 Å². The maximum absolute atomic E-state index is 12.1. The highest BCUT2D eigenvalue weighted by Crippen LogP contribution is 2.38. The molecule has 0 atom stereocenters. The molecule has 6 nitrogen and oxygen atoms in total. The molecule has 0 bridgehead atoms. The van der Waals surface area contributed by atoms with E-state index in [4.69, 9.17) is 0 Å². The van der Waals surface area contributed by atoms with Crippen molar-refractivity contribution in [1.29, 1.82) is 0 Å². The molecule has 0 fully saturated rings. The van der Waals surface area contributed by atoms with Gasteiger partial charge in [0.2, 0.25) is 0 Å². The molecule has 3 rings (SSSR count). The smallest absolute Gasteiger partial charge is 0.414 e. The zero-order valence-corrected chi connectivity index (χ0v) is 15.2. The first-order chi connectivity index (χ1) is 13.0. The monoisotopic (exact) mass is 364 g/mol. The normalized spacial score (nSPS) is 13.0. The van der Waals surface area contributed by atoms with Crippen LogP contribution in [-0.4, -0.2) is 29.9 Å². The fraction of sp³-hybridized carbons (Fsp3) is 0.190. The van der Waals surface area contributed by atoms with Gasteiger partial charge in [0.15, 0.2) is 0 Å². The zero-order valence-electron chi connectivity index (χ0n) is 15.2. The van der Waals surface area contributed by atoms with E-state index in [-0.39, 0.29) is 17.9 Å². The van der Waals surface area contributed by atoms with Crippen molar-refractivity contribution >= 4 is 23.9 Å². The third-order valence-electron chi connectivity index (χ3n) is 4.25. The van der Waals surface area contributed by atoms with Gasteiger partial charge >= 0.3 is 6.09 Å². The fourth-order valence-corrected chi connectivity index (χ4v) is 2.99. The number of alkyl carbamates (subject to hydrolysis) is 1. The summed E-state index contributed by atoms with van der Waals surface area (Å²) in [7, 11) is 0. The number of imide groups is 1. The van der Waals surface area contributed by atoms with Gasteiger partial charge in [-0.05, 0) is 54.7 Å². The largest absolute Gasteiger partial charge is 0.512 e. The third kappa shape index (κ3) is 4.06. The number of benzene rings is 2. The number of carbonyl (C=O) groups excluding carboxylic acids is 2. The summed E-state index contributed by atoms with van der Waals surface area (Å²) in [5, 5.41) is 11.8. The Bertz CT molecular complexity index is 956. The number of ether oxygens (including phenoxy) is 1. The van der Waals surface area contributed by atoms with Gasteiger partial charge in [-0.3, -0.25) is 15.1 Å². The van der Waals surface area contributed by atoms with Crippen LogP contribution in [0.1, 0.15) is 25.0 Å². The van der Waals surface area contributed by atoms with Crippen LogP contribution < -0.4 is 5.32 Å². The number of carbonyl (C=O) groups is 2. The Labute approximate surface area is 157 Å². The Morgan fingerprint density at radius 1 is 1.19 bits per heavy atom. The summed E-state index contributed by atoms with van der Waals surface area (Å²) >= 11 is 0. The Balaban J connectivity index is 1.79. The lowest BCUT2D eigenvalue weighted by Crippen LogP contribution is -2.33. The van der Waals surface area contributed by atoms with Gasteiger partial charge in [0.05, 0.1) is 17.9 Å². The molecule has 1 aliphatic rings. The molecule has 0 aromatic heterocycles. The third-order valence-corrected chi connectivity index (χ3v) is 4.25. The number of aliphatic hydroxyl groups is 1. The summed E-state index contributed by atoms with van der Waals surface area (Å²) < 4.78 is 4.67. The van der Waals surface area contributed by atoms with Crippen LogP contribution in [0.4, 0.5) is 10.5 Å². The van der Waals surface area contributed by atoms with Crippen LogP contribution in [0.2, 0.25) is 0 Å². The molecule has 6 heteroatoms. The summed E-state index contributed by atoms with van der Waals surface area (Å²) in [6.07, 6.45) is 1.21. The summed E-state index contributed by atoms with van der Waals surface area (Å²) in [6, 6.07) is 14.1. The van der Waals surface area contributed by atoms with Crippen molar-refractivity contribution in [2.45, 2.75) is 20.3 Å². The molecule has 0 spiro atoms. The number of aliphatic hydroxyl groups excluding tert-OH is 1. The second-order valence-electron chi connectivity index (χ2n) is 6.11. The summed E-state index contributed by atoms with van der Waals surface area (Å²) in [5.74, 6) is -1.01. The average molecular weight is 364 g/mol. The van der Waals surface area contributed by atoms with Gasteiger partial charge in [0.1, 0.15) is 5.76 Å². The van der Waals surface area contributed by atoms with Crippen LogP contribution in [0.25, 0.3) is 11.1 Å².